The van der Waals surface area contributed by atoms with E-state index < -0.39 is 10.0 Å². The van der Waals surface area contributed by atoms with Gasteiger partial charge in [-0.05, 0) is 68.8 Å². The van der Waals surface area contributed by atoms with E-state index in [9.17, 15) is 17.6 Å². The molecule has 1 aliphatic rings. The summed E-state index contributed by atoms with van der Waals surface area (Å²) in [5.41, 5.74) is 3.72. The van der Waals surface area contributed by atoms with Gasteiger partial charge in [-0.15, -0.1) is 0 Å². The van der Waals surface area contributed by atoms with E-state index in [1.807, 2.05) is 18.4 Å². The Kier molecular flexibility index (Phi) is 6.38. The van der Waals surface area contributed by atoms with E-state index >= 15 is 0 Å². The summed E-state index contributed by atoms with van der Waals surface area (Å²) in [6.07, 6.45) is 0. The average molecular weight is 472 g/mol. The minimum atomic E-state index is -3.70. The Balaban J connectivity index is 1.61. The van der Waals surface area contributed by atoms with Gasteiger partial charge < -0.3 is 14.6 Å². The molecule has 2 aromatic carbocycles. The summed E-state index contributed by atoms with van der Waals surface area (Å²) < 4.78 is 48.1. The molecule has 7 nitrogen and oxygen atoms in total. The van der Waals surface area contributed by atoms with Gasteiger partial charge in [0.05, 0.1) is 23.7 Å². The molecular weight excluding hydrogens is 445 g/mol. The molecule has 1 amide bonds. The molecule has 0 saturated carbocycles. The van der Waals surface area contributed by atoms with Crippen LogP contribution in [0.2, 0.25) is 0 Å². The van der Waals surface area contributed by atoms with Crippen LogP contribution in [0.4, 0.5) is 10.1 Å². The SMILES string of the molecule is Cc1ccc(NC(=O)c2cc(C)n(-c3ccc(F)cc3)c2C)cc1S(=O)(=O)N1CCOCC1. The predicted octanol–water partition coefficient (Wildman–Crippen LogP) is 3.81. The highest BCUT2D eigenvalue weighted by Crippen LogP contribution is 2.26. The fourth-order valence-corrected chi connectivity index (χ4v) is 5.72. The smallest absolute Gasteiger partial charge is 0.257 e. The van der Waals surface area contributed by atoms with Crippen molar-refractivity contribution in [2.75, 3.05) is 31.6 Å². The van der Waals surface area contributed by atoms with E-state index in [2.05, 4.69) is 5.32 Å². The van der Waals surface area contributed by atoms with Gasteiger partial charge in [0.2, 0.25) is 10.0 Å². The molecule has 0 bridgehead atoms. The number of rotatable bonds is 5. The molecule has 0 radical (unpaired) electrons. The van der Waals surface area contributed by atoms with Gasteiger partial charge in [0.25, 0.3) is 5.91 Å². The molecule has 9 heteroatoms. The van der Waals surface area contributed by atoms with Crippen LogP contribution in [-0.2, 0) is 14.8 Å². The maximum absolute atomic E-state index is 13.3. The highest BCUT2D eigenvalue weighted by molar-refractivity contribution is 7.89. The van der Waals surface area contributed by atoms with Crippen molar-refractivity contribution < 1.29 is 22.3 Å². The van der Waals surface area contributed by atoms with Gasteiger partial charge >= 0.3 is 0 Å². The molecule has 174 valence electrons. The molecule has 1 fully saturated rings. The van der Waals surface area contributed by atoms with Crippen molar-refractivity contribution in [3.05, 3.63) is 76.9 Å². The molecule has 0 aliphatic carbocycles. The second-order valence-electron chi connectivity index (χ2n) is 8.05. The van der Waals surface area contributed by atoms with E-state index in [1.165, 1.54) is 22.5 Å². The minimum absolute atomic E-state index is 0.166. The first kappa shape index (κ1) is 23.2. The fourth-order valence-electron chi connectivity index (χ4n) is 4.06. The Hall–Kier alpha value is -3.01. The predicted molar refractivity (Wildman–Crippen MR) is 124 cm³/mol. The number of sulfonamides is 1. The summed E-state index contributed by atoms with van der Waals surface area (Å²) in [5, 5.41) is 2.82. The third-order valence-electron chi connectivity index (χ3n) is 5.79. The van der Waals surface area contributed by atoms with Crippen molar-refractivity contribution in [3.8, 4) is 5.69 Å². The molecule has 1 aliphatic heterocycles. The van der Waals surface area contributed by atoms with E-state index in [0.717, 1.165) is 11.4 Å². The number of carbonyl (C=O) groups excluding carboxylic acids is 1. The Morgan fingerprint density at radius 1 is 1.00 bits per heavy atom. The van der Waals surface area contributed by atoms with E-state index in [1.54, 1.807) is 37.3 Å². The van der Waals surface area contributed by atoms with Crippen molar-refractivity contribution in [2.24, 2.45) is 0 Å². The number of hydrogen-bond donors (Lipinski definition) is 1. The lowest BCUT2D eigenvalue weighted by molar-refractivity contribution is 0.0730. The lowest BCUT2D eigenvalue weighted by atomic mass is 10.2. The zero-order chi connectivity index (χ0) is 23.8. The molecule has 0 unspecified atom stereocenters. The number of benzene rings is 2. The second kappa shape index (κ2) is 9.09. The number of anilines is 1. The monoisotopic (exact) mass is 471 g/mol. The Labute approximate surface area is 192 Å². The van der Waals surface area contributed by atoms with Crippen LogP contribution >= 0.6 is 0 Å². The van der Waals surface area contributed by atoms with Gasteiger partial charge in [-0.3, -0.25) is 4.79 Å². The van der Waals surface area contributed by atoms with Crippen LogP contribution in [-0.4, -0.2) is 49.5 Å². The maximum atomic E-state index is 13.3. The highest BCUT2D eigenvalue weighted by Gasteiger charge is 2.28. The van der Waals surface area contributed by atoms with Crippen molar-refractivity contribution >= 4 is 21.6 Å². The van der Waals surface area contributed by atoms with Crippen LogP contribution in [0.1, 0.15) is 27.3 Å². The van der Waals surface area contributed by atoms with Crippen LogP contribution in [0.25, 0.3) is 5.69 Å². The number of ether oxygens (including phenoxy) is 1. The topological polar surface area (TPSA) is 80.6 Å². The molecule has 2 heterocycles. The number of halogens is 1. The average Bonchev–Trinajstić information content (AvgIpc) is 3.10. The van der Waals surface area contributed by atoms with Gasteiger partial charge in [0.1, 0.15) is 5.82 Å². The van der Waals surface area contributed by atoms with Crippen molar-refractivity contribution in [3.63, 3.8) is 0 Å². The fraction of sp³-hybridized carbons (Fsp3) is 0.292. The Morgan fingerprint density at radius 2 is 1.67 bits per heavy atom. The van der Waals surface area contributed by atoms with Gasteiger partial charge in [-0.1, -0.05) is 6.07 Å². The number of hydrogen-bond acceptors (Lipinski definition) is 4. The number of aryl methyl sites for hydroxylation is 2. The number of nitrogens with one attached hydrogen (secondary N) is 1. The van der Waals surface area contributed by atoms with E-state index in [4.69, 9.17) is 4.74 Å². The Morgan fingerprint density at radius 3 is 2.33 bits per heavy atom. The molecule has 1 N–H and O–H groups in total. The normalized spacial score (nSPS) is 14.9. The molecule has 0 spiro atoms. The van der Waals surface area contributed by atoms with Crippen LogP contribution in [0.3, 0.4) is 0 Å². The molecule has 1 saturated heterocycles. The number of morpholine rings is 1. The molecule has 33 heavy (non-hydrogen) atoms. The first-order valence-corrected chi connectivity index (χ1v) is 12.1. The van der Waals surface area contributed by atoms with Gasteiger partial charge in [0.15, 0.2) is 0 Å². The maximum Gasteiger partial charge on any atom is 0.257 e. The summed E-state index contributed by atoms with van der Waals surface area (Å²) in [6.45, 7) is 6.73. The third-order valence-corrected chi connectivity index (χ3v) is 7.84. The van der Waals surface area contributed by atoms with Crippen LogP contribution in [0, 0.1) is 26.6 Å². The van der Waals surface area contributed by atoms with Crippen molar-refractivity contribution in [1.29, 1.82) is 0 Å². The zero-order valence-corrected chi connectivity index (χ0v) is 19.6. The lowest BCUT2D eigenvalue weighted by Gasteiger charge is -2.26. The number of amides is 1. The van der Waals surface area contributed by atoms with E-state index in [0.29, 0.717) is 48.8 Å². The van der Waals surface area contributed by atoms with Crippen LogP contribution < -0.4 is 5.32 Å². The third kappa shape index (κ3) is 4.57. The second-order valence-corrected chi connectivity index (χ2v) is 9.95. The highest BCUT2D eigenvalue weighted by atomic mass is 32.2. The molecule has 1 aromatic heterocycles. The zero-order valence-electron chi connectivity index (χ0n) is 18.8. The largest absolute Gasteiger partial charge is 0.379 e. The first-order chi connectivity index (χ1) is 15.7. The van der Waals surface area contributed by atoms with Crippen LogP contribution in [0.15, 0.2) is 53.4 Å². The number of carbonyl (C=O) groups is 1. The summed E-state index contributed by atoms with van der Waals surface area (Å²) in [7, 11) is -3.70. The van der Waals surface area contributed by atoms with Gasteiger partial charge in [-0.25, -0.2) is 12.8 Å². The summed E-state index contributed by atoms with van der Waals surface area (Å²) in [5.74, 6) is -0.684. The van der Waals surface area contributed by atoms with Crippen molar-refractivity contribution in [1.82, 2.24) is 8.87 Å². The number of nitrogens with zero attached hydrogens (tertiary/aromatic N) is 2. The van der Waals surface area contributed by atoms with Gasteiger partial charge in [0, 0.05) is 35.9 Å². The molecular formula is C24H26FN3O4S. The van der Waals surface area contributed by atoms with Crippen LogP contribution in [0.5, 0.6) is 0 Å². The number of aromatic nitrogens is 1. The molecule has 0 atom stereocenters. The lowest BCUT2D eigenvalue weighted by Crippen LogP contribution is -2.40. The molecule has 4 rings (SSSR count). The quantitative estimate of drug-likeness (QED) is 0.614. The van der Waals surface area contributed by atoms with E-state index in [-0.39, 0.29) is 16.6 Å². The summed E-state index contributed by atoms with van der Waals surface area (Å²) >= 11 is 0. The Bertz CT molecular complexity index is 1290. The molecule has 3 aromatic rings. The summed E-state index contributed by atoms with van der Waals surface area (Å²) in [6, 6.07) is 12.7. The first-order valence-electron chi connectivity index (χ1n) is 10.6. The van der Waals surface area contributed by atoms with Gasteiger partial charge in [-0.2, -0.15) is 4.31 Å². The minimum Gasteiger partial charge on any atom is -0.379 e. The van der Waals surface area contributed by atoms with Crippen molar-refractivity contribution in [2.45, 2.75) is 25.7 Å². The standard InChI is InChI=1S/C24H26FN3O4S/c1-16-4-7-20(15-23(16)33(30,31)27-10-12-32-13-11-27)26-24(29)22-14-17(2)28(18(22)3)21-8-5-19(25)6-9-21/h4-9,14-15H,10-13H2,1-3H3,(H,26,29). The summed E-state index contributed by atoms with van der Waals surface area (Å²) in [4.78, 5) is 13.2.